The second kappa shape index (κ2) is 7.34. The predicted octanol–water partition coefficient (Wildman–Crippen LogP) is 2.61. The van der Waals surface area contributed by atoms with Crippen molar-refractivity contribution in [2.75, 3.05) is 14.2 Å². The first-order valence-corrected chi connectivity index (χ1v) is 8.64. The molecular formula is C17H18N2O4S. The van der Waals surface area contributed by atoms with Gasteiger partial charge in [0.25, 0.3) is 0 Å². The summed E-state index contributed by atoms with van der Waals surface area (Å²) in [6.07, 6.45) is 0. The molecule has 0 saturated heterocycles. The fraction of sp³-hybridized carbons (Fsp3) is 0.235. The Kier molecular flexibility index (Phi) is 5.44. The molecule has 0 fully saturated rings. The number of sulfonamides is 1. The van der Waals surface area contributed by atoms with Crippen molar-refractivity contribution in [3.8, 4) is 17.6 Å². The summed E-state index contributed by atoms with van der Waals surface area (Å²) >= 11 is 0. The highest BCUT2D eigenvalue weighted by atomic mass is 32.2. The van der Waals surface area contributed by atoms with Crippen LogP contribution in [-0.2, 0) is 10.0 Å². The molecule has 1 N–H and O–H groups in total. The Morgan fingerprint density at radius 3 is 2.46 bits per heavy atom. The Labute approximate surface area is 141 Å². The molecule has 0 unspecified atom stereocenters. The van der Waals surface area contributed by atoms with E-state index in [1.165, 1.54) is 26.4 Å². The Morgan fingerprint density at radius 2 is 1.83 bits per heavy atom. The number of hydrogen-bond acceptors (Lipinski definition) is 5. The first-order valence-electron chi connectivity index (χ1n) is 7.16. The molecule has 0 aliphatic carbocycles. The summed E-state index contributed by atoms with van der Waals surface area (Å²) in [4.78, 5) is -0.0544. The minimum atomic E-state index is -3.86. The molecule has 2 rings (SSSR count). The minimum absolute atomic E-state index is 0.0544. The van der Waals surface area contributed by atoms with Crippen LogP contribution in [0.4, 0.5) is 0 Å². The molecule has 1 atom stereocenters. The van der Waals surface area contributed by atoms with Gasteiger partial charge in [-0.05, 0) is 37.3 Å². The molecule has 0 saturated carbocycles. The standard InChI is InChI=1S/C17H18N2O4S/c1-12(15-10-14(22-2)8-9-16(15)23-3)19-24(20,21)17-7-5-4-6-13(17)11-18/h4-10,12,19H,1-3H3/t12-/m0/s1. The molecule has 6 nitrogen and oxygen atoms in total. The molecule has 0 radical (unpaired) electrons. The minimum Gasteiger partial charge on any atom is -0.497 e. The Morgan fingerprint density at radius 1 is 1.12 bits per heavy atom. The maximum atomic E-state index is 12.6. The van der Waals surface area contributed by atoms with E-state index in [9.17, 15) is 8.42 Å². The van der Waals surface area contributed by atoms with Crippen molar-refractivity contribution in [2.24, 2.45) is 0 Å². The van der Waals surface area contributed by atoms with E-state index in [-0.39, 0.29) is 10.5 Å². The summed E-state index contributed by atoms with van der Waals surface area (Å²) in [5, 5.41) is 9.10. The molecule has 0 aliphatic heterocycles. The number of nitriles is 1. The summed E-state index contributed by atoms with van der Waals surface area (Å²) < 4.78 is 38.3. The normalized spacial score (nSPS) is 12.2. The van der Waals surface area contributed by atoms with E-state index in [1.54, 1.807) is 37.3 Å². The maximum absolute atomic E-state index is 12.6. The molecule has 2 aromatic carbocycles. The van der Waals surface area contributed by atoms with Crippen LogP contribution >= 0.6 is 0 Å². The molecule has 126 valence electrons. The van der Waals surface area contributed by atoms with Crippen molar-refractivity contribution in [1.82, 2.24) is 4.72 Å². The third-order valence-electron chi connectivity index (χ3n) is 3.53. The highest BCUT2D eigenvalue weighted by Crippen LogP contribution is 2.30. The van der Waals surface area contributed by atoms with E-state index in [0.717, 1.165) is 0 Å². The topological polar surface area (TPSA) is 88.4 Å². The van der Waals surface area contributed by atoms with Gasteiger partial charge in [-0.2, -0.15) is 5.26 Å². The number of hydrogen-bond donors (Lipinski definition) is 1. The largest absolute Gasteiger partial charge is 0.497 e. The van der Waals surface area contributed by atoms with E-state index in [4.69, 9.17) is 14.7 Å². The summed E-state index contributed by atoms with van der Waals surface area (Å²) in [6, 6.07) is 12.5. The molecule has 24 heavy (non-hydrogen) atoms. The molecule has 0 aliphatic rings. The van der Waals surface area contributed by atoms with Crippen LogP contribution in [0.5, 0.6) is 11.5 Å². The summed E-state index contributed by atoms with van der Waals surface area (Å²) in [5.74, 6) is 1.13. The van der Waals surface area contributed by atoms with Crippen molar-refractivity contribution in [2.45, 2.75) is 17.9 Å². The predicted molar refractivity (Wildman–Crippen MR) is 89.4 cm³/mol. The number of rotatable bonds is 6. The number of benzene rings is 2. The SMILES string of the molecule is COc1ccc(OC)c([C@H](C)NS(=O)(=O)c2ccccc2C#N)c1. The third-order valence-corrected chi connectivity index (χ3v) is 5.13. The van der Waals surface area contributed by atoms with Gasteiger partial charge in [0, 0.05) is 11.6 Å². The molecule has 2 aromatic rings. The number of nitrogens with zero attached hydrogens (tertiary/aromatic N) is 1. The fourth-order valence-electron chi connectivity index (χ4n) is 2.33. The smallest absolute Gasteiger partial charge is 0.242 e. The van der Waals surface area contributed by atoms with Crippen LogP contribution in [0.3, 0.4) is 0 Å². The maximum Gasteiger partial charge on any atom is 0.242 e. The quantitative estimate of drug-likeness (QED) is 0.868. The van der Waals surface area contributed by atoms with Gasteiger partial charge in [0.2, 0.25) is 10.0 Å². The van der Waals surface area contributed by atoms with Crippen molar-refractivity contribution >= 4 is 10.0 Å². The van der Waals surface area contributed by atoms with Gasteiger partial charge in [0.15, 0.2) is 0 Å². The average molecular weight is 346 g/mol. The Bertz CT molecular complexity index is 872. The first kappa shape index (κ1) is 17.8. The monoisotopic (exact) mass is 346 g/mol. The van der Waals surface area contributed by atoms with Crippen molar-refractivity contribution in [3.05, 3.63) is 53.6 Å². The molecule has 0 heterocycles. The van der Waals surface area contributed by atoms with Gasteiger partial charge in [-0.3, -0.25) is 0 Å². The van der Waals surface area contributed by atoms with Crippen LogP contribution < -0.4 is 14.2 Å². The molecular weight excluding hydrogens is 328 g/mol. The summed E-state index contributed by atoms with van der Waals surface area (Å²) in [6.45, 7) is 1.70. The summed E-state index contributed by atoms with van der Waals surface area (Å²) in [7, 11) is -0.821. The van der Waals surface area contributed by atoms with Gasteiger partial charge in [-0.1, -0.05) is 12.1 Å². The summed E-state index contributed by atoms with van der Waals surface area (Å²) in [5.41, 5.74) is 0.727. The van der Waals surface area contributed by atoms with Gasteiger partial charge in [-0.25, -0.2) is 13.1 Å². The van der Waals surface area contributed by atoms with Crippen LogP contribution in [-0.4, -0.2) is 22.6 Å². The number of nitrogens with one attached hydrogen (secondary N) is 1. The zero-order valence-corrected chi connectivity index (χ0v) is 14.4. The third kappa shape index (κ3) is 3.67. The lowest BCUT2D eigenvalue weighted by Gasteiger charge is -2.18. The number of ether oxygens (including phenoxy) is 2. The van der Waals surface area contributed by atoms with Gasteiger partial charge >= 0.3 is 0 Å². The lowest BCUT2D eigenvalue weighted by atomic mass is 10.1. The lowest BCUT2D eigenvalue weighted by Crippen LogP contribution is -2.27. The number of methoxy groups -OCH3 is 2. The second-order valence-electron chi connectivity index (χ2n) is 5.06. The zero-order chi connectivity index (χ0) is 17.7. The average Bonchev–Trinajstić information content (AvgIpc) is 2.60. The van der Waals surface area contributed by atoms with Crippen LogP contribution in [0.2, 0.25) is 0 Å². The fourth-order valence-corrected chi connectivity index (χ4v) is 3.71. The molecule has 0 aromatic heterocycles. The van der Waals surface area contributed by atoms with Crippen LogP contribution in [0.15, 0.2) is 47.4 Å². The molecule has 0 amide bonds. The second-order valence-corrected chi connectivity index (χ2v) is 6.74. The molecule has 7 heteroatoms. The van der Waals surface area contributed by atoms with E-state index in [1.807, 2.05) is 6.07 Å². The van der Waals surface area contributed by atoms with E-state index < -0.39 is 16.1 Å². The van der Waals surface area contributed by atoms with Gasteiger partial charge in [-0.15, -0.1) is 0 Å². The van der Waals surface area contributed by atoms with Gasteiger partial charge < -0.3 is 9.47 Å². The van der Waals surface area contributed by atoms with Crippen molar-refractivity contribution < 1.29 is 17.9 Å². The van der Waals surface area contributed by atoms with Gasteiger partial charge in [0.05, 0.1) is 24.7 Å². The Hall–Kier alpha value is -2.56. The Balaban J connectivity index is 2.38. The highest BCUT2D eigenvalue weighted by Gasteiger charge is 2.23. The van der Waals surface area contributed by atoms with Crippen LogP contribution in [0.25, 0.3) is 0 Å². The van der Waals surface area contributed by atoms with E-state index in [2.05, 4.69) is 4.72 Å². The lowest BCUT2D eigenvalue weighted by molar-refractivity contribution is 0.395. The highest BCUT2D eigenvalue weighted by molar-refractivity contribution is 7.89. The van der Waals surface area contributed by atoms with Crippen LogP contribution in [0.1, 0.15) is 24.1 Å². The molecule has 0 spiro atoms. The zero-order valence-electron chi connectivity index (χ0n) is 13.6. The van der Waals surface area contributed by atoms with E-state index in [0.29, 0.717) is 17.1 Å². The molecule has 0 bridgehead atoms. The van der Waals surface area contributed by atoms with E-state index >= 15 is 0 Å². The van der Waals surface area contributed by atoms with Crippen LogP contribution in [0, 0.1) is 11.3 Å². The van der Waals surface area contributed by atoms with Gasteiger partial charge in [0.1, 0.15) is 17.6 Å². The first-order chi connectivity index (χ1) is 11.4. The van der Waals surface area contributed by atoms with Crippen molar-refractivity contribution in [3.63, 3.8) is 0 Å². The van der Waals surface area contributed by atoms with Crippen molar-refractivity contribution in [1.29, 1.82) is 5.26 Å².